The number of anilines is 2. The van der Waals surface area contributed by atoms with Gasteiger partial charge < -0.3 is 0 Å². The summed E-state index contributed by atoms with van der Waals surface area (Å²) in [5.74, 6) is 0.339. The predicted molar refractivity (Wildman–Crippen MR) is 100 cm³/mol. The Bertz CT molecular complexity index is 851. The van der Waals surface area contributed by atoms with Crippen LogP contribution in [0, 0.1) is 0 Å². The van der Waals surface area contributed by atoms with Gasteiger partial charge in [0.15, 0.2) is 5.16 Å². The molecule has 1 amide bonds. The lowest BCUT2D eigenvalue weighted by atomic mass is 10.0. The summed E-state index contributed by atoms with van der Waals surface area (Å²) in [6, 6.07) is 18.1. The van der Waals surface area contributed by atoms with Crippen molar-refractivity contribution in [1.82, 2.24) is 9.97 Å². The smallest absolute Gasteiger partial charge is 0.242 e. The topological polar surface area (TPSA) is 46.1 Å². The summed E-state index contributed by atoms with van der Waals surface area (Å²) in [6.45, 7) is 0. The van der Waals surface area contributed by atoms with Gasteiger partial charge in [0.05, 0.1) is 17.1 Å². The lowest BCUT2D eigenvalue weighted by molar-refractivity contribution is -0.115. The van der Waals surface area contributed by atoms with E-state index in [9.17, 15) is 4.79 Å². The number of rotatable bonds is 3. The van der Waals surface area contributed by atoms with Gasteiger partial charge in [-0.3, -0.25) is 9.69 Å². The van der Waals surface area contributed by atoms with Crippen LogP contribution in [0.4, 0.5) is 11.4 Å². The number of thioether (sulfide) groups is 1. The molecule has 1 aromatic heterocycles. The van der Waals surface area contributed by atoms with Gasteiger partial charge in [0.1, 0.15) is 0 Å². The number of hydrogen-bond acceptors (Lipinski definition) is 4. The van der Waals surface area contributed by atoms with Crippen molar-refractivity contribution in [3.63, 3.8) is 0 Å². The number of carbonyl (C=O) groups excluding carboxylic acids is 1. The van der Waals surface area contributed by atoms with Crippen molar-refractivity contribution in [2.24, 2.45) is 0 Å². The number of aromatic nitrogens is 2. The lowest BCUT2D eigenvalue weighted by Crippen LogP contribution is -2.28. The Morgan fingerprint density at radius 1 is 0.880 bits per heavy atom. The molecule has 124 valence electrons. The first kappa shape index (κ1) is 15.8. The molecule has 0 fully saturated rings. The summed E-state index contributed by atoms with van der Waals surface area (Å²) >= 11 is 1.36. The van der Waals surface area contributed by atoms with E-state index in [0.717, 1.165) is 24.2 Å². The fourth-order valence-electron chi connectivity index (χ4n) is 3.10. The van der Waals surface area contributed by atoms with Crippen molar-refractivity contribution in [2.45, 2.75) is 18.0 Å². The van der Waals surface area contributed by atoms with Gasteiger partial charge in [-0.05, 0) is 42.2 Å². The molecule has 1 aliphatic rings. The number of carbonyl (C=O) groups is 1. The molecule has 5 heteroatoms. The van der Waals surface area contributed by atoms with Crippen LogP contribution in [-0.2, 0) is 17.6 Å². The predicted octanol–water partition coefficient (Wildman–Crippen LogP) is 4.03. The highest BCUT2D eigenvalue weighted by molar-refractivity contribution is 7.99. The van der Waals surface area contributed by atoms with Crippen LogP contribution in [0.2, 0.25) is 0 Å². The SMILES string of the molecule is O=C(CSc1ncccn1)N1c2ccccc2CCc2ccccc21. The van der Waals surface area contributed by atoms with E-state index in [1.165, 1.54) is 22.9 Å². The number of hydrogen-bond donors (Lipinski definition) is 0. The zero-order chi connectivity index (χ0) is 17.1. The number of nitrogens with zero attached hydrogens (tertiary/aromatic N) is 3. The lowest BCUT2D eigenvalue weighted by Gasteiger charge is -2.24. The van der Waals surface area contributed by atoms with Gasteiger partial charge >= 0.3 is 0 Å². The number of benzene rings is 2. The summed E-state index contributed by atoms with van der Waals surface area (Å²) in [4.78, 5) is 23.3. The summed E-state index contributed by atoms with van der Waals surface area (Å²) in [5.41, 5.74) is 4.36. The van der Waals surface area contributed by atoms with Crippen molar-refractivity contribution in [2.75, 3.05) is 10.7 Å². The summed E-state index contributed by atoms with van der Waals surface area (Å²) in [6.07, 6.45) is 5.25. The molecule has 4 rings (SSSR count). The second-order valence-corrected chi connectivity index (χ2v) is 6.75. The van der Waals surface area contributed by atoms with Crippen LogP contribution < -0.4 is 4.90 Å². The quantitative estimate of drug-likeness (QED) is 0.530. The Labute approximate surface area is 150 Å². The average molecular weight is 347 g/mol. The monoisotopic (exact) mass is 347 g/mol. The molecule has 0 bridgehead atoms. The normalized spacial score (nSPS) is 12.9. The van der Waals surface area contributed by atoms with E-state index in [2.05, 4.69) is 22.1 Å². The van der Waals surface area contributed by atoms with Crippen molar-refractivity contribution in [3.8, 4) is 0 Å². The van der Waals surface area contributed by atoms with Crippen LogP contribution in [0.25, 0.3) is 0 Å². The van der Waals surface area contributed by atoms with Gasteiger partial charge in [0, 0.05) is 12.4 Å². The van der Waals surface area contributed by atoms with E-state index in [-0.39, 0.29) is 5.91 Å². The van der Waals surface area contributed by atoms with E-state index in [1.54, 1.807) is 18.5 Å². The summed E-state index contributed by atoms with van der Waals surface area (Å²) in [7, 11) is 0. The first-order valence-electron chi connectivity index (χ1n) is 8.21. The number of para-hydroxylation sites is 2. The minimum absolute atomic E-state index is 0.0410. The van der Waals surface area contributed by atoms with Crippen molar-refractivity contribution in [1.29, 1.82) is 0 Å². The highest BCUT2D eigenvalue weighted by Crippen LogP contribution is 2.36. The first-order chi connectivity index (χ1) is 12.3. The van der Waals surface area contributed by atoms with E-state index < -0.39 is 0 Å². The molecule has 0 aliphatic carbocycles. The highest BCUT2D eigenvalue weighted by Gasteiger charge is 2.25. The Hall–Kier alpha value is -2.66. The molecular weight excluding hydrogens is 330 g/mol. The van der Waals surface area contributed by atoms with Crippen LogP contribution in [0.5, 0.6) is 0 Å². The van der Waals surface area contributed by atoms with Gasteiger partial charge in [0.2, 0.25) is 5.91 Å². The van der Waals surface area contributed by atoms with Crippen molar-refractivity contribution >= 4 is 29.0 Å². The highest BCUT2D eigenvalue weighted by atomic mass is 32.2. The van der Waals surface area contributed by atoms with E-state index >= 15 is 0 Å². The Kier molecular flexibility index (Phi) is 4.48. The molecule has 0 spiro atoms. The molecule has 0 saturated carbocycles. The van der Waals surface area contributed by atoms with Crippen LogP contribution in [-0.4, -0.2) is 21.6 Å². The molecule has 0 N–H and O–H groups in total. The zero-order valence-electron chi connectivity index (χ0n) is 13.6. The maximum Gasteiger partial charge on any atom is 0.242 e. The molecular formula is C20H17N3OS. The van der Waals surface area contributed by atoms with Gasteiger partial charge in [-0.1, -0.05) is 48.2 Å². The third-order valence-electron chi connectivity index (χ3n) is 4.24. The molecule has 0 atom stereocenters. The molecule has 0 radical (unpaired) electrons. The Morgan fingerprint density at radius 3 is 2.04 bits per heavy atom. The minimum Gasteiger partial charge on any atom is -0.280 e. The van der Waals surface area contributed by atoms with Crippen LogP contribution >= 0.6 is 11.8 Å². The molecule has 1 aliphatic heterocycles. The van der Waals surface area contributed by atoms with E-state index in [1.807, 2.05) is 41.3 Å². The second-order valence-electron chi connectivity index (χ2n) is 5.81. The largest absolute Gasteiger partial charge is 0.280 e. The standard InChI is InChI=1S/C20H17N3OS/c24-19(14-25-20-21-12-5-13-22-20)23-17-8-3-1-6-15(17)10-11-16-7-2-4-9-18(16)23/h1-9,12-13H,10-11,14H2. The molecule has 0 saturated heterocycles. The summed E-state index contributed by atoms with van der Waals surface area (Å²) in [5, 5.41) is 0.618. The second kappa shape index (κ2) is 7.07. The maximum atomic E-state index is 13.1. The maximum absolute atomic E-state index is 13.1. The Morgan fingerprint density at radius 2 is 1.44 bits per heavy atom. The third kappa shape index (κ3) is 3.28. The Balaban J connectivity index is 1.68. The fraction of sp³-hybridized carbons (Fsp3) is 0.150. The van der Waals surface area contributed by atoms with Crippen molar-refractivity contribution in [3.05, 3.63) is 78.1 Å². The third-order valence-corrected chi connectivity index (χ3v) is 5.11. The summed E-state index contributed by atoms with van der Waals surface area (Å²) < 4.78 is 0. The molecule has 3 aromatic rings. The molecule has 2 heterocycles. The van der Waals surface area contributed by atoms with Crippen molar-refractivity contribution < 1.29 is 4.79 Å². The zero-order valence-corrected chi connectivity index (χ0v) is 14.4. The van der Waals surface area contributed by atoms with Gasteiger partial charge in [-0.2, -0.15) is 0 Å². The van der Waals surface area contributed by atoms with E-state index in [4.69, 9.17) is 0 Å². The average Bonchev–Trinajstić information content (AvgIpc) is 2.84. The fourth-order valence-corrected chi connectivity index (χ4v) is 3.75. The minimum atomic E-state index is 0.0410. The number of aryl methyl sites for hydroxylation is 2. The molecule has 0 unspecified atom stereocenters. The van der Waals surface area contributed by atoms with Gasteiger partial charge in [-0.25, -0.2) is 9.97 Å². The molecule has 25 heavy (non-hydrogen) atoms. The van der Waals surface area contributed by atoms with Gasteiger partial charge in [-0.15, -0.1) is 0 Å². The number of amides is 1. The van der Waals surface area contributed by atoms with Crippen LogP contribution in [0.1, 0.15) is 11.1 Å². The molecule has 4 nitrogen and oxygen atoms in total. The van der Waals surface area contributed by atoms with Crippen LogP contribution in [0.15, 0.2) is 72.1 Å². The van der Waals surface area contributed by atoms with Gasteiger partial charge in [0.25, 0.3) is 0 Å². The van der Waals surface area contributed by atoms with Crippen LogP contribution in [0.3, 0.4) is 0 Å². The molecule has 2 aromatic carbocycles. The van der Waals surface area contributed by atoms with E-state index in [0.29, 0.717) is 10.9 Å². The first-order valence-corrected chi connectivity index (χ1v) is 9.20. The number of fused-ring (bicyclic) bond motifs is 2.